The molecule has 3 N–H and O–H groups in total. The summed E-state index contributed by atoms with van der Waals surface area (Å²) in [4.78, 5) is 11.1. The van der Waals surface area contributed by atoms with Crippen molar-refractivity contribution in [1.29, 1.82) is 0 Å². The number of nitrogens with two attached hydrogens (primary N) is 1. The molecule has 1 atom stereocenters. The fourth-order valence-corrected chi connectivity index (χ4v) is 3.69. The van der Waals surface area contributed by atoms with E-state index in [1.54, 1.807) is 6.92 Å². The maximum Gasteiger partial charge on any atom is 0.337 e. The molecule has 0 aliphatic rings. The van der Waals surface area contributed by atoms with Crippen LogP contribution in [0.4, 0.5) is 5.69 Å². The molecule has 1 aromatic carbocycles. The lowest BCUT2D eigenvalue weighted by molar-refractivity contribution is 0.0692. The van der Waals surface area contributed by atoms with Crippen molar-refractivity contribution in [2.45, 2.75) is 32.1 Å². The fourth-order valence-electron chi connectivity index (χ4n) is 1.95. The van der Waals surface area contributed by atoms with Crippen LogP contribution >= 0.6 is 0 Å². The van der Waals surface area contributed by atoms with Gasteiger partial charge in [-0.05, 0) is 24.1 Å². The number of carboxylic acid groups (broad SMARTS) is 1. The molecule has 118 valence electrons. The van der Waals surface area contributed by atoms with Gasteiger partial charge in [0.05, 0.1) is 10.5 Å². The molecule has 1 rings (SSSR count). The molecular weight excluding hydrogens is 292 g/mol. The van der Waals surface area contributed by atoms with E-state index in [0.29, 0.717) is 6.54 Å². The Morgan fingerprint density at radius 1 is 1.38 bits per heavy atom. The van der Waals surface area contributed by atoms with Gasteiger partial charge in [0.25, 0.3) is 0 Å². The van der Waals surface area contributed by atoms with Crippen LogP contribution in [0.1, 0.15) is 37.6 Å². The maximum absolute atomic E-state index is 12.7. The van der Waals surface area contributed by atoms with Crippen molar-refractivity contribution < 1.29 is 18.3 Å². The molecule has 0 radical (unpaired) electrons. The number of hydrogen-bond acceptors (Lipinski definition) is 4. The molecule has 0 aliphatic heterocycles. The number of sulfonamides is 1. The van der Waals surface area contributed by atoms with Crippen molar-refractivity contribution in [3.8, 4) is 0 Å². The average molecular weight is 314 g/mol. The van der Waals surface area contributed by atoms with Crippen molar-refractivity contribution in [3.63, 3.8) is 0 Å². The first kappa shape index (κ1) is 17.5. The summed E-state index contributed by atoms with van der Waals surface area (Å²) in [6, 6.07) is 3.83. The van der Waals surface area contributed by atoms with E-state index in [9.17, 15) is 18.3 Å². The van der Waals surface area contributed by atoms with Gasteiger partial charge in [-0.2, -0.15) is 4.31 Å². The van der Waals surface area contributed by atoms with Crippen LogP contribution < -0.4 is 5.73 Å². The number of aromatic carboxylic acids is 1. The summed E-state index contributed by atoms with van der Waals surface area (Å²) in [5, 5.41) is 9.20. The van der Waals surface area contributed by atoms with Crippen molar-refractivity contribution in [2.24, 2.45) is 5.92 Å². The second kappa shape index (κ2) is 6.91. The number of hydrogen-bond donors (Lipinski definition) is 2. The Balaban J connectivity index is 3.32. The number of rotatable bonds is 7. The number of carboxylic acids is 1. The van der Waals surface area contributed by atoms with E-state index in [-0.39, 0.29) is 28.6 Å². The second-order valence-electron chi connectivity index (χ2n) is 5.03. The summed E-state index contributed by atoms with van der Waals surface area (Å²) >= 11 is 0. The van der Waals surface area contributed by atoms with Crippen LogP contribution in [-0.4, -0.2) is 36.9 Å². The molecule has 0 amide bonds. The summed E-state index contributed by atoms with van der Waals surface area (Å²) in [7, 11) is -3.85. The van der Waals surface area contributed by atoms with Crippen LogP contribution in [-0.2, 0) is 10.0 Å². The van der Waals surface area contributed by atoms with Crippen LogP contribution in [0.2, 0.25) is 0 Å². The summed E-state index contributed by atoms with van der Waals surface area (Å²) < 4.78 is 26.7. The van der Waals surface area contributed by atoms with Gasteiger partial charge in [0, 0.05) is 18.8 Å². The minimum Gasteiger partial charge on any atom is -0.478 e. The number of nitrogen functional groups attached to an aromatic ring is 1. The maximum atomic E-state index is 12.7. The van der Waals surface area contributed by atoms with Crippen LogP contribution in [0, 0.1) is 5.92 Å². The molecule has 0 saturated carbocycles. The lowest BCUT2D eigenvalue weighted by Crippen LogP contribution is -2.35. The Labute approximate surface area is 125 Å². The molecule has 1 unspecified atom stereocenters. The minimum absolute atomic E-state index is 0.196. The van der Waals surface area contributed by atoms with Gasteiger partial charge in [0.15, 0.2) is 0 Å². The molecule has 0 aromatic heterocycles. The summed E-state index contributed by atoms with van der Waals surface area (Å²) in [6.07, 6.45) is 0.847. The van der Waals surface area contributed by atoms with Gasteiger partial charge in [0.1, 0.15) is 0 Å². The molecule has 0 fully saturated rings. The van der Waals surface area contributed by atoms with E-state index in [0.717, 1.165) is 6.42 Å². The zero-order valence-electron chi connectivity index (χ0n) is 12.5. The van der Waals surface area contributed by atoms with Gasteiger partial charge >= 0.3 is 5.97 Å². The predicted octanol–water partition coefficient (Wildman–Crippen LogP) is 2.02. The van der Waals surface area contributed by atoms with Crippen molar-refractivity contribution in [2.75, 3.05) is 18.8 Å². The zero-order valence-corrected chi connectivity index (χ0v) is 13.4. The van der Waals surface area contributed by atoms with Gasteiger partial charge in [0.2, 0.25) is 10.0 Å². The third-order valence-corrected chi connectivity index (χ3v) is 5.42. The average Bonchev–Trinajstić information content (AvgIpc) is 2.43. The second-order valence-corrected chi connectivity index (χ2v) is 6.94. The SMILES string of the molecule is CCC(C)CN(CC)S(=O)(=O)c1ccc(N)cc1C(=O)O. The predicted molar refractivity (Wildman–Crippen MR) is 81.7 cm³/mol. The Morgan fingerprint density at radius 2 is 2.00 bits per heavy atom. The summed E-state index contributed by atoms with van der Waals surface area (Å²) in [6.45, 7) is 6.32. The van der Waals surface area contributed by atoms with Gasteiger partial charge in [-0.3, -0.25) is 0 Å². The van der Waals surface area contributed by atoms with Crippen molar-refractivity contribution >= 4 is 21.7 Å². The molecule has 0 aliphatic carbocycles. The molecule has 7 heteroatoms. The fraction of sp³-hybridized carbons (Fsp3) is 0.500. The third kappa shape index (κ3) is 3.95. The van der Waals surface area contributed by atoms with Crippen LogP contribution in [0.5, 0.6) is 0 Å². The van der Waals surface area contributed by atoms with Crippen LogP contribution in [0.3, 0.4) is 0 Å². The molecule has 0 heterocycles. The lowest BCUT2D eigenvalue weighted by Gasteiger charge is -2.24. The Hall–Kier alpha value is -1.60. The molecule has 0 spiro atoms. The number of carbonyl (C=O) groups is 1. The number of anilines is 1. The van der Waals surface area contributed by atoms with E-state index in [1.165, 1.54) is 22.5 Å². The highest BCUT2D eigenvalue weighted by Gasteiger charge is 2.28. The Kier molecular flexibility index (Phi) is 5.74. The highest BCUT2D eigenvalue weighted by molar-refractivity contribution is 7.89. The quantitative estimate of drug-likeness (QED) is 0.750. The number of nitrogens with zero attached hydrogens (tertiary/aromatic N) is 1. The molecule has 21 heavy (non-hydrogen) atoms. The highest BCUT2D eigenvalue weighted by atomic mass is 32.2. The van der Waals surface area contributed by atoms with E-state index >= 15 is 0 Å². The normalized spacial score (nSPS) is 13.3. The van der Waals surface area contributed by atoms with E-state index in [1.807, 2.05) is 13.8 Å². The smallest absolute Gasteiger partial charge is 0.337 e. The summed E-state index contributed by atoms with van der Waals surface area (Å²) in [5.74, 6) is -1.11. The molecular formula is C14H22N2O4S. The highest BCUT2D eigenvalue weighted by Crippen LogP contribution is 2.23. The van der Waals surface area contributed by atoms with Crippen LogP contribution in [0.25, 0.3) is 0 Å². The standard InChI is InChI=1S/C14H22N2O4S/c1-4-10(3)9-16(5-2)21(19,20)13-7-6-11(15)8-12(13)14(17)18/h6-8,10H,4-5,9,15H2,1-3H3,(H,17,18). The topological polar surface area (TPSA) is 101 Å². The largest absolute Gasteiger partial charge is 0.478 e. The first-order valence-electron chi connectivity index (χ1n) is 6.86. The zero-order chi connectivity index (χ0) is 16.2. The third-order valence-electron chi connectivity index (χ3n) is 3.42. The van der Waals surface area contributed by atoms with Gasteiger partial charge in [-0.25, -0.2) is 13.2 Å². The van der Waals surface area contributed by atoms with Gasteiger partial charge in [-0.1, -0.05) is 27.2 Å². The van der Waals surface area contributed by atoms with E-state index in [4.69, 9.17) is 5.73 Å². The first-order valence-corrected chi connectivity index (χ1v) is 8.31. The molecule has 1 aromatic rings. The molecule has 6 nitrogen and oxygen atoms in total. The van der Waals surface area contributed by atoms with Crippen molar-refractivity contribution in [3.05, 3.63) is 23.8 Å². The van der Waals surface area contributed by atoms with Gasteiger partial charge < -0.3 is 10.8 Å². The Bertz CT molecular complexity index is 613. The molecule has 0 saturated heterocycles. The van der Waals surface area contributed by atoms with E-state index in [2.05, 4.69) is 0 Å². The first-order chi connectivity index (χ1) is 9.73. The van der Waals surface area contributed by atoms with Crippen molar-refractivity contribution in [1.82, 2.24) is 4.31 Å². The Morgan fingerprint density at radius 3 is 2.48 bits per heavy atom. The minimum atomic E-state index is -3.85. The number of benzene rings is 1. The monoisotopic (exact) mass is 314 g/mol. The van der Waals surface area contributed by atoms with E-state index < -0.39 is 16.0 Å². The van der Waals surface area contributed by atoms with Gasteiger partial charge in [-0.15, -0.1) is 0 Å². The lowest BCUT2D eigenvalue weighted by atomic mass is 10.1. The van der Waals surface area contributed by atoms with Crippen LogP contribution in [0.15, 0.2) is 23.1 Å². The molecule has 0 bridgehead atoms. The summed E-state index contributed by atoms with van der Waals surface area (Å²) in [5.41, 5.74) is 5.47.